The zero-order valence-electron chi connectivity index (χ0n) is 10.9. The van der Waals surface area contributed by atoms with Gasteiger partial charge in [0.1, 0.15) is 5.75 Å². The first-order chi connectivity index (χ1) is 8.43. The van der Waals surface area contributed by atoms with Crippen molar-refractivity contribution >= 4 is 15.7 Å². The van der Waals surface area contributed by atoms with Crippen LogP contribution in [-0.2, 0) is 14.6 Å². The van der Waals surface area contributed by atoms with Gasteiger partial charge in [0.2, 0.25) is 5.91 Å². The maximum Gasteiger partial charge on any atom is 0.238 e. The van der Waals surface area contributed by atoms with Crippen LogP contribution in [0.4, 0.5) is 0 Å². The molecule has 2 aliphatic rings. The quantitative estimate of drug-likeness (QED) is 0.779. The fourth-order valence-corrected chi connectivity index (χ4v) is 3.80. The minimum atomic E-state index is -3.24. The van der Waals surface area contributed by atoms with Crippen molar-refractivity contribution in [2.24, 2.45) is 0 Å². The minimum absolute atomic E-state index is 0.127. The highest BCUT2D eigenvalue weighted by Crippen LogP contribution is 2.34. The molecule has 0 aromatic rings. The molecule has 1 spiro atoms. The van der Waals surface area contributed by atoms with Gasteiger partial charge >= 0.3 is 0 Å². The number of carbonyl (C=O) groups is 1. The summed E-state index contributed by atoms with van der Waals surface area (Å²) in [5, 5.41) is 3.35. The van der Waals surface area contributed by atoms with Gasteiger partial charge in [-0.1, -0.05) is 19.3 Å². The lowest BCUT2D eigenvalue weighted by Crippen LogP contribution is -2.64. The van der Waals surface area contributed by atoms with Crippen molar-refractivity contribution in [3.8, 4) is 0 Å². The van der Waals surface area contributed by atoms with Crippen LogP contribution in [0.3, 0.4) is 0 Å². The van der Waals surface area contributed by atoms with Gasteiger partial charge in [-0.15, -0.1) is 0 Å². The van der Waals surface area contributed by atoms with Gasteiger partial charge in [-0.3, -0.25) is 4.79 Å². The average molecular weight is 274 g/mol. The van der Waals surface area contributed by atoms with Crippen LogP contribution in [-0.4, -0.2) is 56.4 Å². The Bertz CT molecular complexity index is 405. The van der Waals surface area contributed by atoms with E-state index in [0.29, 0.717) is 6.54 Å². The van der Waals surface area contributed by atoms with Gasteiger partial charge < -0.3 is 10.2 Å². The molecule has 1 saturated carbocycles. The van der Waals surface area contributed by atoms with Crippen LogP contribution in [0, 0.1) is 0 Å². The average Bonchev–Trinajstić information content (AvgIpc) is 2.28. The third-order valence-corrected chi connectivity index (χ3v) is 4.78. The molecule has 1 aliphatic heterocycles. The topological polar surface area (TPSA) is 66.5 Å². The van der Waals surface area contributed by atoms with Crippen molar-refractivity contribution in [2.75, 3.05) is 31.6 Å². The highest BCUT2D eigenvalue weighted by atomic mass is 32.2. The number of rotatable bonds is 2. The molecular formula is C12H22N2O3S. The SMILES string of the molecule is CS(=O)(=O)CC(=O)N1CCNCC12CCCCC2. The number of piperazine rings is 1. The molecule has 1 saturated heterocycles. The van der Waals surface area contributed by atoms with E-state index >= 15 is 0 Å². The lowest BCUT2D eigenvalue weighted by Gasteiger charge is -2.49. The number of nitrogens with one attached hydrogen (secondary N) is 1. The standard InChI is InChI=1S/C12H22N2O3S/c1-18(16,17)9-11(15)14-8-7-13-10-12(14)5-3-2-4-6-12/h13H,2-10H2,1H3. The zero-order valence-corrected chi connectivity index (χ0v) is 11.8. The van der Waals surface area contributed by atoms with Crippen molar-refractivity contribution in [3.63, 3.8) is 0 Å². The van der Waals surface area contributed by atoms with E-state index < -0.39 is 9.84 Å². The molecule has 0 atom stereocenters. The van der Waals surface area contributed by atoms with Crippen molar-refractivity contribution in [2.45, 2.75) is 37.6 Å². The van der Waals surface area contributed by atoms with E-state index in [4.69, 9.17) is 0 Å². The van der Waals surface area contributed by atoms with Crippen LogP contribution in [0.15, 0.2) is 0 Å². The van der Waals surface area contributed by atoms with Gasteiger partial charge in [0.25, 0.3) is 0 Å². The van der Waals surface area contributed by atoms with Crippen LogP contribution in [0.2, 0.25) is 0 Å². The third kappa shape index (κ3) is 3.03. The number of amides is 1. The third-order valence-electron chi connectivity index (χ3n) is 4.01. The highest BCUT2D eigenvalue weighted by molar-refractivity contribution is 7.91. The lowest BCUT2D eigenvalue weighted by atomic mass is 9.79. The van der Waals surface area contributed by atoms with E-state index in [1.54, 1.807) is 0 Å². The Balaban J connectivity index is 2.14. The van der Waals surface area contributed by atoms with E-state index in [1.807, 2.05) is 4.90 Å². The summed E-state index contributed by atoms with van der Waals surface area (Å²) < 4.78 is 22.6. The summed E-state index contributed by atoms with van der Waals surface area (Å²) in [5.41, 5.74) is -0.127. The number of carbonyl (C=O) groups excluding carboxylic acids is 1. The van der Waals surface area contributed by atoms with Crippen molar-refractivity contribution in [1.82, 2.24) is 10.2 Å². The van der Waals surface area contributed by atoms with Crippen LogP contribution in [0.1, 0.15) is 32.1 Å². The summed E-state index contributed by atoms with van der Waals surface area (Å²) in [6, 6.07) is 0. The van der Waals surface area contributed by atoms with E-state index in [2.05, 4.69) is 5.32 Å². The van der Waals surface area contributed by atoms with Crippen LogP contribution in [0.5, 0.6) is 0 Å². The number of nitrogens with zero attached hydrogens (tertiary/aromatic N) is 1. The molecule has 5 nitrogen and oxygen atoms in total. The van der Waals surface area contributed by atoms with Crippen LogP contribution < -0.4 is 5.32 Å². The molecule has 0 radical (unpaired) electrons. The Hall–Kier alpha value is -0.620. The molecule has 0 aromatic heterocycles. The molecule has 1 heterocycles. The van der Waals surface area contributed by atoms with Gasteiger partial charge in [-0.25, -0.2) is 8.42 Å². The summed E-state index contributed by atoms with van der Waals surface area (Å²) in [5.74, 6) is -0.574. The summed E-state index contributed by atoms with van der Waals surface area (Å²) in [4.78, 5) is 14.0. The lowest BCUT2D eigenvalue weighted by molar-refractivity contribution is -0.137. The summed E-state index contributed by atoms with van der Waals surface area (Å²) in [7, 11) is -3.24. The molecule has 1 N–H and O–H groups in total. The second-order valence-corrected chi connectivity index (χ2v) is 7.72. The molecule has 2 rings (SSSR count). The van der Waals surface area contributed by atoms with Gasteiger partial charge in [-0.2, -0.15) is 0 Å². The largest absolute Gasteiger partial charge is 0.334 e. The minimum Gasteiger partial charge on any atom is -0.334 e. The molecule has 6 heteroatoms. The first-order valence-corrected chi connectivity index (χ1v) is 8.68. The summed E-state index contributed by atoms with van der Waals surface area (Å²) >= 11 is 0. The number of hydrogen-bond donors (Lipinski definition) is 1. The summed E-state index contributed by atoms with van der Waals surface area (Å²) in [6.07, 6.45) is 6.59. The van der Waals surface area contributed by atoms with Crippen molar-refractivity contribution < 1.29 is 13.2 Å². The first-order valence-electron chi connectivity index (χ1n) is 6.62. The van der Waals surface area contributed by atoms with Gasteiger partial charge in [0.05, 0.1) is 5.54 Å². The Labute approximate surface area is 109 Å². The smallest absolute Gasteiger partial charge is 0.238 e. The Kier molecular flexibility index (Phi) is 3.96. The van der Waals surface area contributed by atoms with E-state index in [0.717, 1.165) is 45.0 Å². The molecule has 0 aromatic carbocycles. The van der Waals surface area contributed by atoms with Crippen molar-refractivity contribution in [1.29, 1.82) is 0 Å². The maximum atomic E-state index is 12.2. The molecule has 104 valence electrons. The van der Waals surface area contributed by atoms with E-state index in [-0.39, 0.29) is 17.2 Å². The molecule has 0 bridgehead atoms. The monoisotopic (exact) mass is 274 g/mol. The predicted molar refractivity (Wildman–Crippen MR) is 70.1 cm³/mol. The van der Waals surface area contributed by atoms with Gasteiger partial charge in [0.15, 0.2) is 9.84 Å². The van der Waals surface area contributed by atoms with Crippen molar-refractivity contribution in [3.05, 3.63) is 0 Å². The number of sulfone groups is 1. The summed E-state index contributed by atoms with van der Waals surface area (Å²) in [6.45, 7) is 2.20. The Morgan fingerprint density at radius 2 is 1.94 bits per heavy atom. The van der Waals surface area contributed by atoms with E-state index in [1.165, 1.54) is 6.42 Å². The van der Waals surface area contributed by atoms with Gasteiger partial charge in [0, 0.05) is 25.9 Å². The molecular weight excluding hydrogens is 252 g/mol. The normalized spacial score (nSPS) is 24.2. The molecule has 18 heavy (non-hydrogen) atoms. The zero-order chi connectivity index (χ0) is 13.2. The molecule has 1 aliphatic carbocycles. The highest BCUT2D eigenvalue weighted by Gasteiger charge is 2.42. The Morgan fingerprint density at radius 1 is 1.28 bits per heavy atom. The molecule has 1 amide bonds. The predicted octanol–water partition coefficient (Wildman–Crippen LogP) is 0.166. The fraction of sp³-hybridized carbons (Fsp3) is 0.917. The number of hydrogen-bond acceptors (Lipinski definition) is 4. The second kappa shape index (κ2) is 5.17. The van der Waals surface area contributed by atoms with Crippen LogP contribution in [0.25, 0.3) is 0 Å². The van der Waals surface area contributed by atoms with Gasteiger partial charge in [-0.05, 0) is 12.8 Å². The fourth-order valence-electron chi connectivity index (χ4n) is 3.19. The van der Waals surface area contributed by atoms with Crippen LogP contribution >= 0.6 is 0 Å². The maximum absolute atomic E-state index is 12.2. The molecule has 0 unspecified atom stereocenters. The molecule has 2 fully saturated rings. The Morgan fingerprint density at radius 3 is 2.56 bits per heavy atom. The second-order valence-electron chi connectivity index (χ2n) is 5.58. The first kappa shape index (κ1) is 13.8. The van der Waals surface area contributed by atoms with E-state index in [9.17, 15) is 13.2 Å².